The highest BCUT2D eigenvalue weighted by molar-refractivity contribution is 14.1. The van der Waals surface area contributed by atoms with Crippen molar-refractivity contribution in [1.82, 2.24) is 4.98 Å². The maximum Gasteiger partial charge on any atom is 0.194 e. The summed E-state index contributed by atoms with van der Waals surface area (Å²) >= 11 is 3.74. The Labute approximate surface area is 77.2 Å². The van der Waals surface area contributed by atoms with Crippen LogP contribution in [-0.4, -0.2) is 9.41 Å². The third-order valence-corrected chi connectivity index (χ3v) is 1.83. The van der Waals surface area contributed by atoms with Crippen molar-refractivity contribution in [1.29, 1.82) is 0 Å². The molecule has 0 radical (unpaired) electrons. The van der Waals surface area contributed by atoms with Gasteiger partial charge in [0.25, 0.3) is 0 Å². The number of rotatable bonds is 1. The Morgan fingerprint density at radius 2 is 2.70 bits per heavy atom. The van der Waals surface area contributed by atoms with Crippen LogP contribution in [0.5, 0.6) is 0 Å². The van der Waals surface area contributed by atoms with Crippen molar-refractivity contribution in [2.45, 2.75) is 0 Å². The van der Waals surface area contributed by atoms with E-state index in [0.29, 0.717) is 0 Å². The molecule has 1 N–H and O–H groups in total. The summed E-state index contributed by atoms with van der Waals surface area (Å²) in [5.74, 6) is 2.88. The molecule has 1 heterocycles. The first kappa shape index (κ1) is 7.82. The summed E-state index contributed by atoms with van der Waals surface area (Å²) in [6.07, 6.45) is 1.75. The third-order valence-electron chi connectivity index (χ3n) is 0.757. The molecular formula is C6H5IN2S. The fraction of sp³-hybridized carbons (Fsp3) is 0.167. The highest BCUT2D eigenvalue weighted by Crippen LogP contribution is 2.08. The third kappa shape index (κ3) is 2.54. The zero-order valence-electron chi connectivity index (χ0n) is 5.10. The van der Waals surface area contributed by atoms with E-state index in [4.69, 9.17) is 0 Å². The zero-order valence-corrected chi connectivity index (χ0v) is 8.07. The molecule has 0 amide bonds. The van der Waals surface area contributed by atoms with Crippen molar-refractivity contribution >= 4 is 39.1 Å². The van der Waals surface area contributed by atoms with E-state index in [9.17, 15) is 0 Å². The van der Waals surface area contributed by atoms with Crippen LogP contribution in [0.25, 0.3) is 0 Å². The van der Waals surface area contributed by atoms with Gasteiger partial charge in [0.05, 0.1) is 4.43 Å². The number of hydrogen-bond donors (Lipinski definition) is 1. The summed E-state index contributed by atoms with van der Waals surface area (Å²) in [7, 11) is 0. The molecule has 0 fully saturated rings. The minimum absolute atomic E-state index is 0.843. The van der Waals surface area contributed by atoms with Gasteiger partial charge in [-0.1, -0.05) is 28.5 Å². The monoisotopic (exact) mass is 264 g/mol. The molecule has 0 saturated heterocycles. The van der Waals surface area contributed by atoms with Crippen LogP contribution in [0.1, 0.15) is 0 Å². The first-order valence-electron chi connectivity index (χ1n) is 2.63. The van der Waals surface area contributed by atoms with Crippen LogP contribution in [0.4, 0.5) is 5.13 Å². The maximum atomic E-state index is 3.99. The molecule has 0 spiro atoms. The largest absolute Gasteiger partial charge is 0.291 e. The van der Waals surface area contributed by atoms with E-state index in [1.54, 1.807) is 17.5 Å². The van der Waals surface area contributed by atoms with Crippen LogP contribution in [0.15, 0.2) is 11.6 Å². The molecule has 4 heteroatoms. The Kier molecular flexibility index (Phi) is 3.54. The lowest BCUT2D eigenvalue weighted by atomic mass is 10.8. The molecule has 0 aliphatic rings. The van der Waals surface area contributed by atoms with E-state index >= 15 is 0 Å². The Morgan fingerprint density at radius 3 is 3.30 bits per heavy atom. The van der Waals surface area contributed by atoms with Crippen LogP contribution in [0.3, 0.4) is 0 Å². The Morgan fingerprint density at radius 1 is 1.80 bits per heavy atom. The second kappa shape index (κ2) is 4.52. The lowest BCUT2D eigenvalue weighted by Crippen LogP contribution is -1.85. The fourth-order valence-electron chi connectivity index (χ4n) is 0.416. The molecule has 2 nitrogen and oxygen atoms in total. The maximum absolute atomic E-state index is 3.99. The van der Waals surface area contributed by atoms with Gasteiger partial charge in [0, 0.05) is 17.6 Å². The smallest absolute Gasteiger partial charge is 0.194 e. The first-order chi connectivity index (χ1) is 4.93. The lowest BCUT2D eigenvalue weighted by Gasteiger charge is -1.84. The highest BCUT2D eigenvalue weighted by Gasteiger charge is 1.85. The van der Waals surface area contributed by atoms with Gasteiger partial charge in [0.1, 0.15) is 0 Å². The topological polar surface area (TPSA) is 24.9 Å². The van der Waals surface area contributed by atoms with Gasteiger partial charge in [-0.2, -0.15) is 0 Å². The normalized spacial score (nSPS) is 8.10. The summed E-state index contributed by atoms with van der Waals surface area (Å²) in [6, 6.07) is 2.78. The van der Waals surface area contributed by atoms with E-state index in [1.165, 1.54) is 0 Å². The van der Waals surface area contributed by atoms with E-state index in [-0.39, 0.29) is 0 Å². The minimum atomic E-state index is 0.843. The van der Waals surface area contributed by atoms with Gasteiger partial charge in [-0.3, -0.25) is 5.32 Å². The van der Waals surface area contributed by atoms with Crippen LogP contribution < -0.4 is 5.32 Å². The number of hydrogen-bond acceptors (Lipinski definition) is 3. The molecule has 0 unspecified atom stereocenters. The molecule has 52 valence electrons. The molecule has 1 aromatic heterocycles. The first-order valence-corrected chi connectivity index (χ1v) is 5.03. The van der Waals surface area contributed by atoms with Crippen LogP contribution in [0, 0.1) is 12.0 Å². The summed E-state index contributed by atoms with van der Waals surface area (Å²) in [5, 5.41) is 5.64. The second-order valence-electron chi connectivity index (χ2n) is 1.40. The summed E-state index contributed by atoms with van der Waals surface area (Å²) in [4.78, 5) is 3.99. The number of halogens is 1. The molecule has 0 saturated carbocycles. The summed E-state index contributed by atoms with van der Waals surface area (Å²) < 4.78 is 0.843. The van der Waals surface area contributed by atoms with Gasteiger partial charge in [-0.05, 0) is 0 Å². The van der Waals surface area contributed by atoms with Crippen LogP contribution >= 0.6 is 33.9 Å². The van der Waals surface area contributed by atoms with Crippen molar-refractivity contribution in [2.24, 2.45) is 0 Å². The predicted molar refractivity (Wildman–Crippen MR) is 52.4 cm³/mol. The molecule has 0 aliphatic carbocycles. The molecule has 0 bridgehead atoms. The van der Waals surface area contributed by atoms with Crippen LogP contribution in [0.2, 0.25) is 0 Å². The van der Waals surface area contributed by atoms with Crippen LogP contribution in [-0.2, 0) is 0 Å². The van der Waals surface area contributed by atoms with Crippen molar-refractivity contribution in [3.8, 4) is 12.0 Å². The number of nitrogens with one attached hydrogen (secondary N) is 1. The van der Waals surface area contributed by atoms with E-state index in [1.807, 2.05) is 5.38 Å². The van der Waals surface area contributed by atoms with Gasteiger partial charge in [-0.25, -0.2) is 4.98 Å². The van der Waals surface area contributed by atoms with E-state index < -0.39 is 0 Å². The molecule has 1 aromatic rings. The fourth-order valence-corrected chi connectivity index (χ4v) is 1.09. The minimum Gasteiger partial charge on any atom is -0.291 e. The number of thiazole rings is 1. The Bertz CT molecular complexity index is 234. The predicted octanol–water partition coefficient (Wildman–Crippen LogP) is 1.95. The van der Waals surface area contributed by atoms with Gasteiger partial charge in [-0.15, -0.1) is 11.3 Å². The van der Waals surface area contributed by atoms with Gasteiger partial charge in [0.2, 0.25) is 0 Å². The number of anilines is 1. The van der Waals surface area contributed by atoms with Gasteiger partial charge < -0.3 is 0 Å². The molecule has 0 aliphatic heterocycles. The molecule has 0 atom stereocenters. The summed E-state index contributed by atoms with van der Waals surface area (Å²) in [5.41, 5.74) is 0. The Balaban J connectivity index is 2.41. The average Bonchev–Trinajstić information content (AvgIpc) is 2.41. The Hall–Kier alpha value is -0.280. The van der Waals surface area contributed by atoms with Crippen molar-refractivity contribution in [3.05, 3.63) is 11.6 Å². The van der Waals surface area contributed by atoms with Crippen molar-refractivity contribution < 1.29 is 0 Å². The molecular weight excluding hydrogens is 259 g/mol. The molecule has 1 rings (SSSR count). The zero-order chi connectivity index (χ0) is 7.23. The SMILES string of the molecule is ICC#CNc1nccs1. The standard InChI is InChI=1S/C6H5IN2S/c7-2-1-3-8-6-9-4-5-10-6/h4-5H,2H2,(H,8,9). The summed E-state index contributed by atoms with van der Waals surface area (Å²) in [6.45, 7) is 0. The van der Waals surface area contributed by atoms with Crippen molar-refractivity contribution in [2.75, 3.05) is 9.74 Å². The number of nitrogens with zero attached hydrogens (tertiary/aromatic N) is 1. The number of aromatic nitrogens is 1. The lowest BCUT2D eigenvalue weighted by molar-refractivity contribution is 1.41. The van der Waals surface area contributed by atoms with Gasteiger partial charge in [0.15, 0.2) is 5.13 Å². The van der Waals surface area contributed by atoms with Crippen molar-refractivity contribution in [3.63, 3.8) is 0 Å². The highest BCUT2D eigenvalue weighted by atomic mass is 127. The average molecular weight is 264 g/mol. The number of alkyl halides is 1. The quantitative estimate of drug-likeness (QED) is 0.363. The second-order valence-corrected chi connectivity index (χ2v) is 3.06. The van der Waals surface area contributed by atoms with E-state index in [0.717, 1.165) is 9.56 Å². The molecule has 10 heavy (non-hydrogen) atoms. The van der Waals surface area contributed by atoms with Gasteiger partial charge >= 0.3 is 0 Å². The van der Waals surface area contributed by atoms with E-state index in [2.05, 4.69) is 44.9 Å². The molecule has 0 aromatic carbocycles.